The molecule has 0 radical (unpaired) electrons. The monoisotopic (exact) mass is 201 g/mol. The first-order valence-corrected chi connectivity index (χ1v) is 5.18. The molecule has 2 nitrogen and oxygen atoms in total. The van der Waals surface area contributed by atoms with Crippen molar-refractivity contribution in [1.82, 2.24) is 5.32 Å². The van der Waals surface area contributed by atoms with Crippen LogP contribution in [0.1, 0.15) is 24.0 Å². The molecule has 0 fully saturated rings. The van der Waals surface area contributed by atoms with E-state index in [4.69, 9.17) is 0 Å². The summed E-state index contributed by atoms with van der Waals surface area (Å²) in [6, 6.07) is 8.11. The minimum atomic E-state index is 0.0561. The van der Waals surface area contributed by atoms with Crippen molar-refractivity contribution in [2.45, 2.75) is 19.3 Å². The van der Waals surface area contributed by atoms with E-state index in [9.17, 15) is 4.79 Å². The van der Waals surface area contributed by atoms with Crippen molar-refractivity contribution in [3.63, 3.8) is 0 Å². The lowest BCUT2D eigenvalue weighted by Gasteiger charge is -2.28. The van der Waals surface area contributed by atoms with Gasteiger partial charge in [0.15, 0.2) is 0 Å². The second-order valence-electron chi connectivity index (χ2n) is 4.13. The van der Waals surface area contributed by atoms with E-state index in [1.807, 2.05) is 25.1 Å². The Bertz CT molecular complexity index is 409. The molecule has 0 saturated carbocycles. The molecule has 0 heterocycles. The summed E-state index contributed by atoms with van der Waals surface area (Å²) in [5.41, 5.74) is 3.46. The molecule has 1 aromatic carbocycles. The average Bonchev–Trinajstić information content (AvgIpc) is 2.17. The molecule has 1 aliphatic rings. The van der Waals surface area contributed by atoms with Crippen molar-refractivity contribution < 1.29 is 4.79 Å². The maximum Gasteiger partial charge on any atom is 0.228 e. The Morgan fingerprint density at radius 2 is 2.27 bits per heavy atom. The topological polar surface area (TPSA) is 29.1 Å². The van der Waals surface area contributed by atoms with Crippen molar-refractivity contribution in [3.05, 3.63) is 47.5 Å². The number of carbonyl (C=O) groups excluding carboxylic acids is 1. The SMILES string of the molecule is C=C(C)CNC(=O)C1Cc2ccccc21. The third-order valence-electron chi connectivity index (χ3n) is 2.74. The van der Waals surface area contributed by atoms with E-state index in [0.717, 1.165) is 12.0 Å². The van der Waals surface area contributed by atoms with Gasteiger partial charge in [-0.1, -0.05) is 36.4 Å². The first-order valence-electron chi connectivity index (χ1n) is 5.18. The quantitative estimate of drug-likeness (QED) is 0.745. The van der Waals surface area contributed by atoms with Crippen molar-refractivity contribution in [3.8, 4) is 0 Å². The van der Waals surface area contributed by atoms with E-state index in [-0.39, 0.29) is 11.8 Å². The predicted molar refractivity (Wildman–Crippen MR) is 60.7 cm³/mol. The Morgan fingerprint density at radius 3 is 2.93 bits per heavy atom. The third-order valence-corrected chi connectivity index (χ3v) is 2.74. The van der Waals surface area contributed by atoms with Gasteiger partial charge in [0.05, 0.1) is 5.92 Å². The summed E-state index contributed by atoms with van der Waals surface area (Å²) in [6.45, 7) is 6.25. The summed E-state index contributed by atoms with van der Waals surface area (Å²) in [7, 11) is 0. The van der Waals surface area contributed by atoms with E-state index in [0.29, 0.717) is 6.54 Å². The van der Waals surface area contributed by atoms with Gasteiger partial charge in [0, 0.05) is 6.54 Å². The lowest BCUT2D eigenvalue weighted by atomic mass is 9.77. The van der Waals surface area contributed by atoms with Crippen LogP contribution in [0.5, 0.6) is 0 Å². The number of carbonyl (C=O) groups is 1. The highest BCUT2D eigenvalue weighted by molar-refractivity contribution is 5.86. The second kappa shape index (κ2) is 3.89. The van der Waals surface area contributed by atoms with Gasteiger partial charge in [0.1, 0.15) is 0 Å². The molecule has 0 bridgehead atoms. The number of rotatable bonds is 3. The van der Waals surface area contributed by atoms with Crippen molar-refractivity contribution in [2.24, 2.45) is 0 Å². The van der Waals surface area contributed by atoms with Gasteiger partial charge < -0.3 is 5.32 Å². The molecular formula is C13H15NO. The highest BCUT2D eigenvalue weighted by Crippen LogP contribution is 2.34. The smallest absolute Gasteiger partial charge is 0.228 e. The zero-order chi connectivity index (χ0) is 10.8. The molecule has 0 aliphatic heterocycles. The Morgan fingerprint density at radius 1 is 1.53 bits per heavy atom. The summed E-state index contributed by atoms with van der Waals surface area (Å²) in [5.74, 6) is 0.178. The summed E-state index contributed by atoms with van der Waals surface area (Å²) >= 11 is 0. The van der Waals surface area contributed by atoms with Crippen LogP contribution in [-0.2, 0) is 11.2 Å². The number of hydrogen-bond donors (Lipinski definition) is 1. The fraction of sp³-hybridized carbons (Fsp3) is 0.308. The molecule has 78 valence electrons. The fourth-order valence-electron chi connectivity index (χ4n) is 1.85. The zero-order valence-corrected chi connectivity index (χ0v) is 8.92. The highest BCUT2D eigenvalue weighted by Gasteiger charge is 2.31. The zero-order valence-electron chi connectivity index (χ0n) is 8.92. The summed E-state index contributed by atoms with van der Waals surface area (Å²) in [6.07, 6.45) is 0.873. The predicted octanol–water partition coefficient (Wildman–Crippen LogP) is 2.02. The van der Waals surface area contributed by atoms with Crippen LogP contribution in [0.2, 0.25) is 0 Å². The molecule has 0 saturated heterocycles. The molecule has 1 amide bonds. The number of hydrogen-bond acceptors (Lipinski definition) is 1. The van der Waals surface area contributed by atoms with Crippen molar-refractivity contribution in [2.75, 3.05) is 6.54 Å². The van der Waals surface area contributed by atoms with Gasteiger partial charge in [-0.25, -0.2) is 0 Å². The highest BCUT2D eigenvalue weighted by atomic mass is 16.1. The molecule has 1 N–H and O–H groups in total. The van der Waals surface area contributed by atoms with Crippen molar-refractivity contribution >= 4 is 5.91 Å². The molecular weight excluding hydrogens is 186 g/mol. The van der Waals surface area contributed by atoms with E-state index in [2.05, 4.69) is 18.0 Å². The fourth-order valence-corrected chi connectivity index (χ4v) is 1.85. The molecule has 0 aromatic heterocycles. The molecule has 2 rings (SSSR count). The third kappa shape index (κ3) is 1.94. The normalized spacial score (nSPS) is 17.5. The molecule has 0 spiro atoms. The van der Waals surface area contributed by atoms with E-state index >= 15 is 0 Å². The van der Waals surface area contributed by atoms with Gasteiger partial charge in [-0.05, 0) is 24.5 Å². The second-order valence-corrected chi connectivity index (χ2v) is 4.13. The van der Waals surface area contributed by atoms with Crippen LogP contribution in [0.25, 0.3) is 0 Å². The van der Waals surface area contributed by atoms with E-state index < -0.39 is 0 Å². The maximum absolute atomic E-state index is 11.7. The lowest BCUT2D eigenvalue weighted by Crippen LogP contribution is -2.36. The molecule has 1 atom stereocenters. The number of nitrogens with one attached hydrogen (secondary N) is 1. The van der Waals surface area contributed by atoms with Crippen LogP contribution in [0.4, 0.5) is 0 Å². The van der Waals surface area contributed by atoms with Crippen LogP contribution in [0.3, 0.4) is 0 Å². The van der Waals surface area contributed by atoms with E-state index in [1.54, 1.807) is 0 Å². The Hall–Kier alpha value is -1.57. The molecule has 1 aliphatic carbocycles. The Labute approximate surface area is 90.0 Å². The van der Waals surface area contributed by atoms with Gasteiger partial charge in [-0.15, -0.1) is 0 Å². The minimum absolute atomic E-state index is 0.0561. The first-order chi connectivity index (χ1) is 7.18. The lowest BCUT2D eigenvalue weighted by molar-refractivity contribution is -0.122. The Balaban J connectivity index is 1.98. The van der Waals surface area contributed by atoms with Crippen LogP contribution in [0.15, 0.2) is 36.4 Å². The number of amides is 1. The first kappa shape index (κ1) is 9.97. The molecule has 1 aromatic rings. The average molecular weight is 201 g/mol. The molecule has 2 heteroatoms. The minimum Gasteiger partial charge on any atom is -0.352 e. The van der Waals surface area contributed by atoms with Crippen molar-refractivity contribution in [1.29, 1.82) is 0 Å². The maximum atomic E-state index is 11.7. The standard InChI is InChI=1S/C13H15NO/c1-9(2)8-14-13(15)12-7-10-5-3-4-6-11(10)12/h3-6,12H,1,7-8H2,2H3,(H,14,15). The van der Waals surface area contributed by atoms with Gasteiger partial charge in [-0.2, -0.15) is 0 Å². The summed E-state index contributed by atoms with van der Waals surface area (Å²) in [5, 5.41) is 2.89. The van der Waals surface area contributed by atoms with Gasteiger partial charge in [-0.3, -0.25) is 4.79 Å². The van der Waals surface area contributed by atoms with Gasteiger partial charge >= 0.3 is 0 Å². The van der Waals surface area contributed by atoms with Crippen LogP contribution >= 0.6 is 0 Å². The molecule has 1 unspecified atom stereocenters. The number of benzene rings is 1. The van der Waals surface area contributed by atoms with Gasteiger partial charge in [0.2, 0.25) is 5.91 Å². The van der Waals surface area contributed by atoms with Crippen LogP contribution in [-0.4, -0.2) is 12.5 Å². The number of fused-ring (bicyclic) bond motifs is 1. The van der Waals surface area contributed by atoms with Crippen LogP contribution in [0, 0.1) is 0 Å². The Kier molecular flexibility index (Phi) is 2.58. The largest absolute Gasteiger partial charge is 0.352 e. The summed E-state index contributed by atoms with van der Waals surface area (Å²) < 4.78 is 0. The van der Waals surface area contributed by atoms with Gasteiger partial charge in [0.25, 0.3) is 0 Å². The summed E-state index contributed by atoms with van der Waals surface area (Å²) in [4.78, 5) is 11.7. The van der Waals surface area contributed by atoms with Crippen LogP contribution < -0.4 is 5.32 Å². The molecule has 15 heavy (non-hydrogen) atoms. The van der Waals surface area contributed by atoms with E-state index in [1.165, 1.54) is 11.1 Å².